The highest BCUT2D eigenvalue weighted by Crippen LogP contribution is 2.31. The van der Waals surface area contributed by atoms with Crippen molar-refractivity contribution in [3.05, 3.63) is 36.4 Å². The number of hydrogen-bond donors (Lipinski definition) is 1. The van der Waals surface area contributed by atoms with Crippen LogP contribution >= 0.6 is 0 Å². The first-order chi connectivity index (χ1) is 8.67. The number of methoxy groups -OCH3 is 1. The van der Waals surface area contributed by atoms with E-state index < -0.39 is 0 Å². The summed E-state index contributed by atoms with van der Waals surface area (Å²) >= 11 is 0. The molecule has 1 aromatic carbocycles. The maximum Gasteiger partial charge on any atom is 0.258 e. The molecule has 0 spiro atoms. The minimum absolute atomic E-state index is 0.0472. The largest absolute Gasteiger partial charge is 0.507 e. The molecule has 0 aliphatic heterocycles. The minimum Gasteiger partial charge on any atom is -0.507 e. The van der Waals surface area contributed by atoms with E-state index in [0.29, 0.717) is 17.9 Å². The van der Waals surface area contributed by atoms with Crippen molar-refractivity contribution in [2.24, 2.45) is 0 Å². The molecule has 1 aliphatic carbocycles. The lowest BCUT2D eigenvalue weighted by Crippen LogP contribution is -2.33. The maximum absolute atomic E-state index is 12.3. The van der Waals surface area contributed by atoms with Crippen molar-refractivity contribution < 1.29 is 14.6 Å². The van der Waals surface area contributed by atoms with Crippen molar-refractivity contribution in [3.63, 3.8) is 0 Å². The first kappa shape index (κ1) is 12.5. The summed E-state index contributed by atoms with van der Waals surface area (Å²) < 4.78 is 5.00. The summed E-state index contributed by atoms with van der Waals surface area (Å²) in [6, 6.07) is 5.00. The molecule has 1 saturated carbocycles. The molecule has 0 bridgehead atoms. The molecule has 0 heterocycles. The van der Waals surface area contributed by atoms with Gasteiger partial charge in [-0.2, -0.15) is 0 Å². The third kappa shape index (κ3) is 2.47. The summed E-state index contributed by atoms with van der Waals surface area (Å²) in [6.07, 6.45) is 3.75. The molecule has 18 heavy (non-hydrogen) atoms. The smallest absolute Gasteiger partial charge is 0.258 e. The summed E-state index contributed by atoms with van der Waals surface area (Å²) in [5.74, 6) is 0.331. The highest BCUT2D eigenvalue weighted by molar-refractivity contribution is 5.97. The van der Waals surface area contributed by atoms with Crippen LogP contribution in [0.5, 0.6) is 11.5 Å². The summed E-state index contributed by atoms with van der Waals surface area (Å²) in [5.41, 5.74) is 0.310. The number of hydrogen-bond acceptors (Lipinski definition) is 3. The molecule has 2 rings (SSSR count). The topological polar surface area (TPSA) is 49.8 Å². The second-order valence-corrected chi connectivity index (χ2v) is 4.36. The standard InChI is InChI=1S/C14H17NO3/c1-3-8-15(10-4-5-10)14(17)12-7-6-11(18-2)9-13(12)16/h3,6-7,9-10,16H,1,4-5,8H2,2H3. The number of phenols is 1. The number of amides is 1. The average Bonchev–Trinajstić information content (AvgIpc) is 3.19. The van der Waals surface area contributed by atoms with Crippen molar-refractivity contribution in [1.29, 1.82) is 0 Å². The van der Waals surface area contributed by atoms with Gasteiger partial charge in [-0.1, -0.05) is 6.08 Å². The Labute approximate surface area is 106 Å². The van der Waals surface area contributed by atoms with Crippen molar-refractivity contribution in [2.75, 3.05) is 13.7 Å². The Balaban J connectivity index is 2.23. The third-order valence-electron chi connectivity index (χ3n) is 3.01. The number of benzene rings is 1. The lowest BCUT2D eigenvalue weighted by Gasteiger charge is -2.21. The predicted octanol–water partition coefficient (Wildman–Crippen LogP) is 2.19. The highest BCUT2D eigenvalue weighted by atomic mass is 16.5. The Morgan fingerprint density at radius 3 is 2.83 bits per heavy atom. The average molecular weight is 247 g/mol. The quantitative estimate of drug-likeness (QED) is 0.811. The highest BCUT2D eigenvalue weighted by Gasteiger charge is 2.33. The summed E-state index contributed by atoms with van der Waals surface area (Å²) in [7, 11) is 1.52. The first-order valence-corrected chi connectivity index (χ1v) is 5.96. The van der Waals surface area contributed by atoms with E-state index in [2.05, 4.69) is 6.58 Å². The summed E-state index contributed by atoms with van der Waals surface area (Å²) in [6.45, 7) is 4.17. The van der Waals surface area contributed by atoms with Crippen LogP contribution in [0.2, 0.25) is 0 Å². The van der Waals surface area contributed by atoms with E-state index in [1.807, 2.05) is 0 Å². The fourth-order valence-electron chi connectivity index (χ4n) is 1.90. The van der Waals surface area contributed by atoms with Gasteiger partial charge in [-0.05, 0) is 25.0 Å². The molecule has 4 nitrogen and oxygen atoms in total. The van der Waals surface area contributed by atoms with E-state index in [1.165, 1.54) is 13.2 Å². The van der Waals surface area contributed by atoms with Gasteiger partial charge in [0.2, 0.25) is 0 Å². The maximum atomic E-state index is 12.3. The third-order valence-corrected chi connectivity index (χ3v) is 3.01. The van der Waals surface area contributed by atoms with Gasteiger partial charge in [-0.25, -0.2) is 0 Å². The Kier molecular flexibility index (Phi) is 3.55. The van der Waals surface area contributed by atoms with Crippen LogP contribution in [0.1, 0.15) is 23.2 Å². The number of rotatable bonds is 5. The monoisotopic (exact) mass is 247 g/mol. The Morgan fingerprint density at radius 2 is 2.33 bits per heavy atom. The van der Waals surface area contributed by atoms with Gasteiger partial charge in [0, 0.05) is 18.7 Å². The number of carbonyl (C=O) groups excluding carboxylic acids is 1. The number of nitrogens with zero attached hydrogens (tertiary/aromatic N) is 1. The molecule has 1 N–H and O–H groups in total. The lowest BCUT2D eigenvalue weighted by atomic mass is 10.1. The molecule has 4 heteroatoms. The van der Waals surface area contributed by atoms with Crippen LogP contribution in [0.25, 0.3) is 0 Å². The van der Waals surface area contributed by atoms with Gasteiger partial charge in [0.25, 0.3) is 5.91 Å². The number of phenolic OH excluding ortho intramolecular Hbond substituents is 1. The molecule has 0 radical (unpaired) electrons. The normalized spacial score (nSPS) is 14.1. The summed E-state index contributed by atoms with van der Waals surface area (Å²) in [5, 5.41) is 9.86. The van der Waals surface area contributed by atoms with Crippen LogP contribution in [0.4, 0.5) is 0 Å². The second-order valence-electron chi connectivity index (χ2n) is 4.36. The molecule has 0 saturated heterocycles. The van der Waals surface area contributed by atoms with Crippen LogP contribution in [-0.2, 0) is 0 Å². The molecular formula is C14H17NO3. The molecule has 1 fully saturated rings. The molecular weight excluding hydrogens is 230 g/mol. The predicted molar refractivity (Wildman–Crippen MR) is 68.9 cm³/mol. The lowest BCUT2D eigenvalue weighted by molar-refractivity contribution is 0.0759. The molecule has 0 unspecified atom stereocenters. The SMILES string of the molecule is C=CCN(C(=O)c1ccc(OC)cc1O)C1CC1. The zero-order valence-electron chi connectivity index (χ0n) is 10.4. The van der Waals surface area contributed by atoms with Crippen molar-refractivity contribution >= 4 is 5.91 Å². The molecule has 96 valence electrons. The molecule has 1 amide bonds. The Bertz CT molecular complexity index is 466. The number of carbonyl (C=O) groups is 1. The van der Waals surface area contributed by atoms with Crippen molar-refractivity contribution in [2.45, 2.75) is 18.9 Å². The summed E-state index contributed by atoms with van der Waals surface area (Å²) in [4.78, 5) is 14.1. The Hall–Kier alpha value is -1.97. The fourth-order valence-corrected chi connectivity index (χ4v) is 1.90. The first-order valence-electron chi connectivity index (χ1n) is 5.96. The van der Waals surface area contributed by atoms with Gasteiger partial charge in [-0.3, -0.25) is 4.79 Å². The molecule has 0 aromatic heterocycles. The van der Waals surface area contributed by atoms with Crippen LogP contribution in [0, 0.1) is 0 Å². The number of ether oxygens (including phenoxy) is 1. The van der Waals surface area contributed by atoms with E-state index in [0.717, 1.165) is 12.8 Å². The zero-order chi connectivity index (χ0) is 13.1. The van der Waals surface area contributed by atoms with Gasteiger partial charge in [-0.15, -0.1) is 6.58 Å². The van der Waals surface area contributed by atoms with E-state index in [9.17, 15) is 9.90 Å². The van der Waals surface area contributed by atoms with Gasteiger partial charge < -0.3 is 14.7 Å². The second kappa shape index (κ2) is 5.12. The van der Waals surface area contributed by atoms with E-state index >= 15 is 0 Å². The van der Waals surface area contributed by atoms with Crippen molar-refractivity contribution in [3.8, 4) is 11.5 Å². The van der Waals surface area contributed by atoms with Gasteiger partial charge in [0.1, 0.15) is 11.5 Å². The minimum atomic E-state index is -0.155. The van der Waals surface area contributed by atoms with E-state index in [-0.39, 0.29) is 17.7 Å². The fraction of sp³-hybridized carbons (Fsp3) is 0.357. The van der Waals surface area contributed by atoms with E-state index in [4.69, 9.17) is 4.74 Å². The van der Waals surface area contributed by atoms with Gasteiger partial charge >= 0.3 is 0 Å². The molecule has 0 atom stereocenters. The van der Waals surface area contributed by atoms with Crippen LogP contribution in [-0.4, -0.2) is 35.6 Å². The van der Waals surface area contributed by atoms with E-state index in [1.54, 1.807) is 23.1 Å². The van der Waals surface area contributed by atoms with Crippen molar-refractivity contribution in [1.82, 2.24) is 4.90 Å². The zero-order valence-corrected chi connectivity index (χ0v) is 10.4. The van der Waals surface area contributed by atoms with Crippen LogP contribution in [0.15, 0.2) is 30.9 Å². The van der Waals surface area contributed by atoms with Crippen LogP contribution in [0.3, 0.4) is 0 Å². The van der Waals surface area contributed by atoms with Crippen LogP contribution < -0.4 is 4.74 Å². The van der Waals surface area contributed by atoms with Gasteiger partial charge in [0.05, 0.1) is 12.7 Å². The number of aromatic hydroxyl groups is 1. The molecule has 1 aromatic rings. The van der Waals surface area contributed by atoms with Gasteiger partial charge in [0.15, 0.2) is 0 Å². The molecule has 1 aliphatic rings. The Morgan fingerprint density at radius 1 is 1.61 bits per heavy atom.